The van der Waals surface area contributed by atoms with E-state index in [1.54, 1.807) is 12.1 Å². The van der Waals surface area contributed by atoms with E-state index < -0.39 is 4.92 Å². The second kappa shape index (κ2) is 5.54. The number of nitrogen functional groups attached to an aromatic ring is 1. The fourth-order valence-electron chi connectivity index (χ4n) is 2.53. The van der Waals surface area contributed by atoms with Crippen LogP contribution < -0.4 is 5.73 Å². The van der Waals surface area contributed by atoms with Crippen LogP contribution in [-0.2, 0) is 11.3 Å². The molecule has 1 aliphatic rings. The molecule has 2 N–H and O–H groups in total. The van der Waals surface area contributed by atoms with Crippen LogP contribution in [-0.4, -0.2) is 35.6 Å². The summed E-state index contributed by atoms with van der Waals surface area (Å²) in [5.74, 6) is 0. The van der Waals surface area contributed by atoms with Crippen molar-refractivity contribution in [1.82, 2.24) is 4.90 Å². The number of likely N-dealkylation sites (N-methyl/N-ethyl adjacent to an activating group) is 1. The molecule has 2 unspecified atom stereocenters. The second-order valence-electron chi connectivity index (χ2n) is 4.99. The van der Waals surface area contributed by atoms with Gasteiger partial charge in [0, 0.05) is 37.0 Å². The summed E-state index contributed by atoms with van der Waals surface area (Å²) in [6, 6.07) is 4.90. The molecule has 1 aromatic rings. The van der Waals surface area contributed by atoms with Crippen molar-refractivity contribution in [2.45, 2.75) is 32.0 Å². The van der Waals surface area contributed by atoms with Gasteiger partial charge in [0.25, 0.3) is 5.69 Å². The van der Waals surface area contributed by atoms with Crippen LogP contribution in [0.25, 0.3) is 0 Å². The van der Waals surface area contributed by atoms with Gasteiger partial charge in [0.2, 0.25) is 0 Å². The molecule has 2 rings (SSSR count). The number of rotatable bonds is 4. The maximum atomic E-state index is 10.8. The minimum atomic E-state index is -0.399. The third kappa shape index (κ3) is 3.02. The van der Waals surface area contributed by atoms with Crippen LogP contribution in [0.4, 0.5) is 11.4 Å². The Bertz CT molecular complexity index is 478. The molecule has 1 aromatic carbocycles. The lowest BCUT2D eigenvalue weighted by atomic mass is 10.1. The highest BCUT2D eigenvalue weighted by atomic mass is 16.6. The average Bonchev–Trinajstić information content (AvgIpc) is 2.78. The molecule has 0 aromatic heterocycles. The number of anilines is 1. The van der Waals surface area contributed by atoms with Crippen molar-refractivity contribution in [3.63, 3.8) is 0 Å². The van der Waals surface area contributed by atoms with Gasteiger partial charge in [-0.25, -0.2) is 0 Å². The maximum absolute atomic E-state index is 10.8. The van der Waals surface area contributed by atoms with Crippen molar-refractivity contribution < 1.29 is 9.66 Å². The van der Waals surface area contributed by atoms with Crippen LogP contribution in [0.5, 0.6) is 0 Å². The third-order valence-electron chi connectivity index (χ3n) is 3.66. The predicted octanol–water partition coefficient (Wildman–Crippen LogP) is 1.79. The normalized spacial score (nSPS) is 22.9. The van der Waals surface area contributed by atoms with Gasteiger partial charge in [-0.15, -0.1) is 0 Å². The molecular formula is C13H19N3O3. The zero-order valence-corrected chi connectivity index (χ0v) is 11.2. The van der Waals surface area contributed by atoms with Gasteiger partial charge in [-0.3, -0.25) is 15.0 Å². The lowest BCUT2D eigenvalue weighted by molar-refractivity contribution is -0.384. The van der Waals surface area contributed by atoms with Gasteiger partial charge in [-0.1, -0.05) is 0 Å². The Balaban J connectivity index is 2.13. The first kappa shape index (κ1) is 13.8. The first-order chi connectivity index (χ1) is 8.99. The van der Waals surface area contributed by atoms with Gasteiger partial charge in [0.05, 0.1) is 11.0 Å². The van der Waals surface area contributed by atoms with E-state index in [1.807, 2.05) is 14.0 Å². The molecular weight excluding hydrogens is 246 g/mol. The quantitative estimate of drug-likeness (QED) is 0.510. The molecule has 2 atom stereocenters. The van der Waals surface area contributed by atoms with Crippen LogP contribution in [0.3, 0.4) is 0 Å². The van der Waals surface area contributed by atoms with Crippen LogP contribution >= 0.6 is 0 Å². The molecule has 0 amide bonds. The number of hydrogen-bond acceptors (Lipinski definition) is 5. The highest BCUT2D eigenvalue weighted by Gasteiger charge is 2.28. The van der Waals surface area contributed by atoms with E-state index in [2.05, 4.69) is 4.90 Å². The standard InChI is InChI=1S/C13H19N3O3/c1-9-13(5-6-19-9)15(2)8-10-7-11(16(17)18)3-4-12(10)14/h3-4,7,9,13H,5-6,8,14H2,1-2H3. The Kier molecular flexibility index (Phi) is 4.01. The molecule has 0 radical (unpaired) electrons. The van der Waals surface area contributed by atoms with Gasteiger partial charge < -0.3 is 10.5 Å². The van der Waals surface area contributed by atoms with Crippen LogP contribution in [0.15, 0.2) is 18.2 Å². The molecule has 1 saturated heterocycles. The number of non-ortho nitro benzene ring substituents is 1. The van der Waals surface area contributed by atoms with Crippen molar-refractivity contribution in [3.05, 3.63) is 33.9 Å². The second-order valence-corrected chi connectivity index (χ2v) is 4.99. The number of hydrogen-bond donors (Lipinski definition) is 1. The number of benzene rings is 1. The van der Waals surface area contributed by atoms with Gasteiger partial charge in [0.1, 0.15) is 0 Å². The molecule has 1 aliphatic heterocycles. The SMILES string of the molecule is CC1OCCC1N(C)Cc1cc([N+](=O)[O-])ccc1N. The van der Waals surface area contributed by atoms with Crippen LogP contribution in [0.2, 0.25) is 0 Å². The fraction of sp³-hybridized carbons (Fsp3) is 0.538. The largest absolute Gasteiger partial charge is 0.398 e. The van der Waals surface area contributed by atoms with Crippen LogP contribution in [0.1, 0.15) is 18.9 Å². The Morgan fingerprint density at radius 1 is 1.58 bits per heavy atom. The highest BCUT2D eigenvalue weighted by Crippen LogP contribution is 2.24. The minimum absolute atomic E-state index is 0.0771. The Morgan fingerprint density at radius 3 is 2.89 bits per heavy atom. The number of nitro benzene ring substituents is 1. The van der Waals surface area contributed by atoms with Crippen LogP contribution in [0, 0.1) is 10.1 Å². The summed E-state index contributed by atoms with van der Waals surface area (Å²) in [5, 5.41) is 10.8. The molecule has 6 nitrogen and oxygen atoms in total. The van der Waals surface area contributed by atoms with Crippen molar-refractivity contribution in [2.75, 3.05) is 19.4 Å². The van der Waals surface area contributed by atoms with Gasteiger partial charge >= 0.3 is 0 Å². The zero-order valence-electron chi connectivity index (χ0n) is 11.2. The van der Waals surface area contributed by atoms with Gasteiger partial charge in [-0.05, 0) is 32.0 Å². The number of nitro groups is 1. The summed E-state index contributed by atoms with van der Waals surface area (Å²) in [4.78, 5) is 12.5. The van der Waals surface area contributed by atoms with E-state index in [0.717, 1.165) is 18.6 Å². The van der Waals surface area contributed by atoms with Crippen molar-refractivity contribution in [2.24, 2.45) is 0 Å². The summed E-state index contributed by atoms with van der Waals surface area (Å²) in [5.41, 5.74) is 7.34. The Labute approximate surface area is 112 Å². The molecule has 19 heavy (non-hydrogen) atoms. The molecule has 6 heteroatoms. The topological polar surface area (TPSA) is 81.6 Å². The van der Waals surface area contributed by atoms with E-state index in [0.29, 0.717) is 18.3 Å². The minimum Gasteiger partial charge on any atom is -0.398 e. The lowest BCUT2D eigenvalue weighted by Gasteiger charge is -2.26. The molecule has 1 heterocycles. The monoisotopic (exact) mass is 265 g/mol. The Hall–Kier alpha value is -1.66. The summed E-state index contributed by atoms with van der Waals surface area (Å²) >= 11 is 0. The molecule has 0 spiro atoms. The molecule has 0 bridgehead atoms. The van der Waals surface area contributed by atoms with E-state index in [1.165, 1.54) is 6.07 Å². The third-order valence-corrected chi connectivity index (χ3v) is 3.66. The number of ether oxygens (including phenoxy) is 1. The number of nitrogens with zero attached hydrogens (tertiary/aromatic N) is 2. The van der Waals surface area contributed by atoms with Crippen molar-refractivity contribution in [1.29, 1.82) is 0 Å². The van der Waals surface area contributed by atoms with E-state index >= 15 is 0 Å². The van der Waals surface area contributed by atoms with Gasteiger partial charge in [0.15, 0.2) is 0 Å². The molecule has 104 valence electrons. The highest BCUT2D eigenvalue weighted by molar-refractivity contribution is 5.52. The van der Waals surface area contributed by atoms with Gasteiger partial charge in [-0.2, -0.15) is 0 Å². The molecule has 0 saturated carbocycles. The molecule has 1 fully saturated rings. The summed E-state index contributed by atoms with van der Waals surface area (Å²) < 4.78 is 5.54. The maximum Gasteiger partial charge on any atom is 0.269 e. The molecule has 0 aliphatic carbocycles. The average molecular weight is 265 g/mol. The first-order valence-corrected chi connectivity index (χ1v) is 6.33. The van der Waals surface area contributed by atoms with Crippen molar-refractivity contribution in [3.8, 4) is 0 Å². The van der Waals surface area contributed by atoms with E-state index in [9.17, 15) is 10.1 Å². The first-order valence-electron chi connectivity index (χ1n) is 6.33. The number of nitrogens with two attached hydrogens (primary N) is 1. The summed E-state index contributed by atoms with van der Waals surface area (Å²) in [6.45, 7) is 3.40. The van der Waals surface area contributed by atoms with E-state index in [-0.39, 0.29) is 11.8 Å². The Morgan fingerprint density at radius 2 is 2.32 bits per heavy atom. The summed E-state index contributed by atoms with van der Waals surface area (Å²) in [7, 11) is 1.99. The smallest absolute Gasteiger partial charge is 0.269 e. The predicted molar refractivity (Wildman–Crippen MR) is 72.8 cm³/mol. The lowest BCUT2D eigenvalue weighted by Crippen LogP contribution is -2.36. The summed E-state index contributed by atoms with van der Waals surface area (Å²) in [6.07, 6.45) is 1.16. The zero-order chi connectivity index (χ0) is 14.0. The van der Waals surface area contributed by atoms with Crippen molar-refractivity contribution >= 4 is 11.4 Å². The fourth-order valence-corrected chi connectivity index (χ4v) is 2.53. The van der Waals surface area contributed by atoms with E-state index in [4.69, 9.17) is 10.5 Å².